The highest BCUT2D eigenvalue weighted by molar-refractivity contribution is 8.14. The van der Waals surface area contributed by atoms with Crippen molar-refractivity contribution < 1.29 is 4.79 Å². The second kappa shape index (κ2) is 5.32. The van der Waals surface area contributed by atoms with Gasteiger partial charge in [-0.15, -0.1) is 0 Å². The molecule has 1 aliphatic rings. The molecule has 2 heterocycles. The van der Waals surface area contributed by atoms with E-state index in [1.165, 1.54) is 0 Å². The fourth-order valence-electron chi connectivity index (χ4n) is 1.47. The summed E-state index contributed by atoms with van der Waals surface area (Å²) in [6, 6.07) is 3.69. The molecular weight excluding hydrogens is 246 g/mol. The summed E-state index contributed by atoms with van der Waals surface area (Å²) >= 11 is 7.30. The number of amidine groups is 1. The maximum Gasteiger partial charge on any atom is 0.235 e. The second-order valence-electron chi connectivity index (χ2n) is 3.28. The molecule has 0 saturated carbocycles. The molecule has 16 heavy (non-hydrogen) atoms. The van der Waals surface area contributed by atoms with Gasteiger partial charge < -0.3 is 4.90 Å². The van der Waals surface area contributed by atoms with Crippen molar-refractivity contribution in [3.63, 3.8) is 0 Å². The van der Waals surface area contributed by atoms with Gasteiger partial charge in [0.1, 0.15) is 5.15 Å². The van der Waals surface area contributed by atoms with Crippen molar-refractivity contribution in [3.05, 3.63) is 29.0 Å². The van der Waals surface area contributed by atoms with Gasteiger partial charge in [0.25, 0.3) is 0 Å². The van der Waals surface area contributed by atoms with Crippen LogP contribution in [-0.2, 0) is 11.3 Å². The van der Waals surface area contributed by atoms with Gasteiger partial charge in [-0.2, -0.15) is 4.99 Å². The fourth-order valence-corrected chi connectivity index (χ4v) is 2.53. The molecule has 1 saturated heterocycles. The molecule has 0 unspecified atom stereocenters. The molecule has 1 fully saturated rings. The van der Waals surface area contributed by atoms with Crippen LogP contribution in [0.15, 0.2) is 23.3 Å². The Labute approximate surface area is 103 Å². The number of rotatable bonds is 3. The normalized spacial score (nSPS) is 18.1. The number of hydrogen-bond donors (Lipinski definition) is 0. The highest BCUT2D eigenvalue weighted by Crippen LogP contribution is 2.20. The van der Waals surface area contributed by atoms with Gasteiger partial charge >= 0.3 is 0 Å². The van der Waals surface area contributed by atoms with Crippen molar-refractivity contribution in [2.24, 2.45) is 4.99 Å². The lowest BCUT2D eigenvalue weighted by molar-refractivity contribution is -0.106. The first kappa shape index (κ1) is 11.4. The van der Waals surface area contributed by atoms with Crippen molar-refractivity contribution in [1.82, 2.24) is 9.88 Å². The van der Waals surface area contributed by atoms with Gasteiger partial charge in [-0.25, -0.2) is 4.98 Å². The Morgan fingerprint density at radius 2 is 2.50 bits per heavy atom. The molecule has 0 bridgehead atoms. The van der Waals surface area contributed by atoms with E-state index in [-0.39, 0.29) is 0 Å². The summed E-state index contributed by atoms with van der Waals surface area (Å²) in [6.45, 7) is 1.61. The van der Waals surface area contributed by atoms with Gasteiger partial charge in [-0.3, -0.25) is 4.79 Å². The Bertz CT molecular complexity index is 407. The number of carbonyl (C=O) groups is 1. The summed E-state index contributed by atoms with van der Waals surface area (Å²) in [6.07, 6.45) is 2.32. The Hall–Kier alpha value is -1.07. The minimum Gasteiger partial charge on any atom is -0.346 e. The average Bonchev–Trinajstić information content (AvgIpc) is 2.70. The van der Waals surface area contributed by atoms with Crippen LogP contribution >= 0.6 is 23.4 Å². The molecule has 1 aliphatic heterocycles. The van der Waals surface area contributed by atoms with E-state index in [9.17, 15) is 4.79 Å². The standard InChI is InChI=1S/C10H10ClN3OS/c11-9-2-1-8(5-12-9)6-14-3-4-16-10(14)13-7-15/h1-2,5,7H,3-4,6H2/b13-10+. The summed E-state index contributed by atoms with van der Waals surface area (Å²) in [5.41, 5.74) is 1.06. The minimum absolute atomic E-state index is 0.487. The van der Waals surface area contributed by atoms with Gasteiger partial charge in [0.15, 0.2) is 5.17 Å². The van der Waals surface area contributed by atoms with Crippen LogP contribution in [0, 0.1) is 0 Å². The third-order valence-electron chi connectivity index (χ3n) is 2.19. The summed E-state index contributed by atoms with van der Waals surface area (Å²) in [5, 5.41) is 1.27. The maximum atomic E-state index is 10.3. The van der Waals surface area contributed by atoms with Crippen LogP contribution in [0.5, 0.6) is 0 Å². The van der Waals surface area contributed by atoms with Gasteiger partial charge in [0.2, 0.25) is 6.41 Å². The van der Waals surface area contributed by atoms with E-state index in [0.29, 0.717) is 18.1 Å². The van der Waals surface area contributed by atoms with E-state index >= 15 is 0 Å². The Balaban J connectivity index is 2.06. The van der Waals surface area contributed by atoms with Gasteiger partial charge in [0, 0.05) is 25.0 Å². The van der Waals surface area contributed by atoms with Crippen LogP contribution in [0.4, 0.5) is 0 Å². The van der Waals surface area contributed by atoms with Crippen LogP contribution in [0.25, 0.3) is 0 Å². The molecule has 1 amide bonds. The molecule has 0 aromatic carbocycles. The molecule has 84 valence electrons. The quantitative estimate of drug-likeness (QED) is 0.610. The van der Waals surface area contributed by atoms with Gasteiger partial charge in [-0.05, 0) is 11.6 Å². The van der Waals surface area contributed by atoms with Gasteiger partial charge in [0.05, 0.1) is 0 Å². The number of hydrogen-bond acceptors (Lipinski definition) is 3. The predicted molar refractivity (Wildman–Crippen MR) is 65.6 cm³/mol. The average molecular weight is 256 g/mol. The molecule has 1 aromatic rings. The smallest absolute Gasteiger partial charge is 0.235 e. The molecule has 4 nitrogen and oxygen atoms in total. The fraction of sp³-hybridized carbons (Fsp3) is 0.300. The topological polar surface area (TPSA) is 45.6 Å². The lowest BCUT2D eigenvalue weighted by Gasteiger charge is -2.16. The Morgan fingerprint density at radius 1 is 1.62 bits per heavy atom. The zero-order valence-corrected chi connectivity index (χ0v) is 10.0. The van der Waals surface area contributed by atoms with Crippen molar-refractivity contribution in [2.45, 2.75) is 6.54 Å². The predicted octanol–water partition coefficient (Wildman–Crippen LogP) is 1.80. The summed E-state index contributed by atoms with van der Waals surface area (Å²) < 4.78 is 0. The Kier molecular flexibility index (Phi) is 3.79. The molecule has 0 atom stereocenters. The van der Waals surface area contributed by atoms with E-state index < -0.39 is 0 Å². The number of aliphatic imine (C=N–C) groups is 1. The maximum absolute atomic E-state index is 10.3. The molecule has 0 aliphatic carbocycles. The number of aromatic nitrogens is 1. The molecule has 1 aromatic heterocycles. The zero-order chi connectivity index (χ0) is 11.4. The van der Waals surface area contributed by atoms with Crippen LogP contribution < -0.4 is 0 Å². The number of nitrogens with zero attached hydrogens (tertiary/aromatic N) is 3. The third kappa shape index (κ3) is 2.74. The van der Waals surface area contributed by atoms with E-state index in [1.54, 1.807) is 24.0 Å². The van der Waals surface area contributed by atoms with E-state index in [1.807, 2.05) is 6.07 Å². The molecule has 0 radical (unpaired) electrons. The van der Waals surface area contributed by atoms with E-state index in [0.717, 1.165) is 23.0 Å². The van der Waals surface area contributed by atoms with Gasteiger partial charge in [-0.1, -0.05) is 29.4 Å². The highest BCUT2D eigenvalue weighted by atomic mass is 35.5. The molecule has 6 heteroatoms. The molecule has 0 spiro atoms. The summed E-state index contributed by atoms with van der Waals surface area (Å²) in [7, 11) is 0. The second-order valence-corrected chi connectivity index (χ2v) is 4.73. The minimum atomic E-state index is 0.487. The summed E-state index contributed by atoms with van der Waals surface area (Å²) in [4.78, 5) is 20.2. The molecule has 0 N–H and O–H groups in total. The highest BCUT2D eigenvalue weighted by Gasteiger charge is 2.19. The monoisotopic (exact) mass is 255 g/mol. The first-order valence-corrected chi connectivity index (χ1v) is 6.15. The third-order valence-corrected chi connectivity index (χ3v) is 3.42. The number of amides is 1. The molecule has 2 rings (SSSR count). The van der Waals surface area contributed by atoms with Crippen LogP contribution in [-0.4, -0.2) is 33.8 Å². The van der Waals surface area contributed by atoms with E-state index in [4.69, 9.17) is 11.6 Å². The Morgan fingerprint density at radius 3 is 3.19 bits per heavy atom. The zero-order valence-electron chi connectivity index (χ0n) is 8.47. The number of pyridine rings is 1. The summed E-state index contributed by atoms with van der Waals surface area (Å²) in [5.74, 6) is 0.966. The van der Waals surface area contributed by atoms with Crippen molar-refractivity contribution in [3.8, 4) is 0 Å². The van der Waals surface area contributed by atoms with Crippen molar-refractivity contribution >= 4 is 34.9 Å². The molecular formula is C10H10ClN3OS. The van der Waals surface area contributed by atoms with Crippen molar-refractivity contribution in [2.75, 3.05) is 12.3 Å². The number of carbonyl (C=O) groups excluding carboxylic acids is 1. The van der Waals surface area contributed by atoms with Crippen LogP contribution in [0.1, 0.15) is 5.56 Å². The number of thioether (sulfide) groups is 1. The first-order valence-electron chi connectivity index (χ1n) is 4.79. The first-order chi connectivity index (χ1) is 7.79. The van der Waals surface area contributed by atoms with Crippen molar-refractivity contribution in [1.29, 1.82) is 0 Å². The van der Waals surface area contributed by atoms with E-state index in [2.05, 4.69) is 14.9 Å². The lowest BCUT2D eigenvalue weighted by atomic mass is 10.3. The number of halogens is 1. The van der Waals surface area contributed by atoms with Crippen LogP contribution in [0.3, 0.4) is 0 Å². The lowest BCUT2D eigenvalue weighted by Crippen LogP contribution is -2.23. The van der Waals surface area contributed by atoms with Crippen LogP contribution in [0.2, 0.25) is 5.15 Å². The largest absolute Gasteiger partial charge is 0.346 e. The SMILES string of the molecule is O=C/N=C1/SCCN1Cc1ccc(Cl)nc1.